The number of amides is 1. The number of carbonyl (C=O) groups excluding carboxylic acids is 1. The standard InChI is InChI=1S/C23H18F3N5O4S/c1-12-7-8-16(28-20(32)14-5-4-6-15(9-14)23(24,25)26)10-18(12)31-13(2)17-11-27-21(36(3,34)35)29-19(17)30-22(31)33/h4-11H,1-3H3,(H,28,32). The molecule has 0 fully saturated rings. The molecule has 0 unspecified atom stereocenters. The number of anilines is 1. The summed E-state index contributed by atoms with van der Waals surface area (Å²) < 4.78 is 63.8. The molecule has 0 bridgehead atoms. The molecule has 2 aromatic carbocycles. The number of benzene rings is 2. The Bertz CT molecular complexity index is 1700. The fourth-order valence-electron chi connectivity index (χ4n) is 3.53. The molecule has 1 amide bonds. The summed E-state index contributed by atoms with van der Waals surface area (Å²) in [5.74, 6) is -0.765. The highest BCUT2D eigenvalue weighted by Gasteiger charge is 2.31. The van der Waals surface area contributed by atoms with Crippen molar-refractivity contribution in [2.45, 2.75) is 25.2 Å². The molecule has 0 atom stereocenters. The minimum Gasteiger partial charge on any atom is -0.322 e. The van der Waals surface area contributed by atoms with E-state index in [0.717, 1.165) is 24.5 Å². The lowest BCUT2D eigenvalue weighted by Gasteiger charge is -2.16. The van der Waals surface area contributed by atoms with Crippen LogP contribution in [-0.2, 0) is 16.0 Å². The van der Waals surface area contributed by atoms with Gasteiger partial charge in [-0.3, -0.25) is 9.36 Å². The summed E-state index contributed by atoms with van der Waals surface area (Å²) in [6.45, 7) is 3.31. The second-order valence-corrected chi connectivity index (χ2v) is 9.92. The summed E-state index contributed by atoms with van der Waals surface area (Å²) in [5, 5.41) is 2.41. The Morgan fingerprint density at radius 1 is 1.06 bits per heavy atom. The SMILES string of the molecule is Cc1ccc(NC(=O)c2cccc(C(F)(F)F)c2)cc1-n1c(C)c2cnc(S(C)(=O)=O)nc2nc1=O. The number of aryl methyl sites for hydroxylation is 2. The monoisotopic (exact) mass is 517 g/mol. The number of nitrogens with one attached hydrogen (secondary N) is 1. The molecule has 4 rings (SSSR count). The number of halogens is 3. The average molecular weight is 517 g/mol. The van der Waals surface area contributed by atoms with Gasteiger partial charge in [-0.1, -0.05) is 12.1 Å². The zero-order valence-corrected chi connectivity index (χ0v) is 19.9. The molecule has 0 aliphatic heterocycles. The van der Waals surface area contributed by atoms with Gasteiger partial charge in [0.1, 0.15) is 0 Å². The molecule has 186 valence electrons. The fourth-order valence-corrected chi connectivity index (χ4v) is 4.03. The first-order valence-corrected chi connectivity index (χ1v) is 12.2. The van der Waals surface area contributed by atoms with Crippen molar-refractivity contribution in [2.24, 2.45) is 0 Å². The third-order valence-electron chi connectivity index (χ3n) is 5.36. The third kappa shape index (κ3) is 4.82. The Hall–Kier alpha value is -4.13. The summed E-state index contributed by atoms with van der Waals surface area (Å²) in [7, 11) is -3.71. The molecule has 2 aromatic heterocycles. The number of sulfone groups is 1. The van der Waals surface area contributed by atoms with Crippen LogP contribution in [0.1, 0.15) is 27.2 Å². The van der Waals surface area contributed by atoms with Crippen LogP contribution >= 0.6 is 0 Å². The number of hydrogen-bond donors (Lipinski definition) is 1. The lowest BCUT2D eigenvalue weighted by atomic mass is 10.1. The van der Waals surface area contributed by atoms with E-state index in [2.05, 4.69) is 20.3 Å². The molecule has 4 aromatic rings. The average Bonchev–Trinajstić information content (AvgIpc) is 2.79. The summed E-state index contributed by atoms with van der Waals surface area (Å²) in [5.41, 5.74) is -0.397. The van der Waals surface area contributed by atoms with Crippen molar-refractivity contribution in [3.05, 3.63) is 81.5 Å². The fraction of sp³-hybridized carbons (Fsp3) is 0.174. The van der Waals surface area contributed by atoms with Crippen molar-refractivity contribution in [2.75, 3.05) is 11.6 Å². The van der Waals surface area contributed by atoms with Crippen molar-refractivity contribution in [3.8, 4) is 5.69 Å². The number of hydrogen-bond acceptors (Lipinski definition) is 7. The largest absolute Gasteiger partial charge is 0.416 e. The first-order valence-electron chi connectivity index (χ1n) is 10.3. The lowest BCUT2D eigenvalue weighted by Crippen LogP contribution is -2.25. The van der Waals surface area contributed by atoms with Gasteiger partial charge in [-0.05, 0) is 49.7 Å². The molecule has 0 aliphatic carbocycles. The second-order valence-electron chi connectivity index (χ2n) is 8.01. The van der Waals surface area contributed by atoms with Gasteiger partial charge in [0.05, 0.1) is 16.6 Å². The van der Waals surface area contributed by atoms with E-state index in [4.69, 9.17) is 0 Å². The Morgan fingerprint density at radius 2 is 1.78 bits per heavy atom. The van der Waals surface area contributed by atoms with Crippen LogP contribution in [0.4, 0.5) is 18.9 Å². The lowest BCUT2D eigenvalue weighted by molar-refractivity contribution is -0.137. The Balaban J connectivity index is 1.75. The van der Waals surface area contributed by atoms with Crippen LogP contribution in [0.3, 0.4) is 0 Å². The highest BCUT2D eigenvalue weighted by Crippen LogP contribution is 2.30. The molecule has 0 saturated heterocycles. The summed E-state index contributed by atoms with van der Waals surface area (Å²) in [6, 6.07) is 8.65. The molecule has 0 aliphatic rings. The van der Waals surface area contributed by atoms with Gasteiger partial charge in [0.15, 0.2) is 5.65 Å². The number of alkyl halides is 3. The van der Waals surface area contributed by atoms with Gasteiger partial charge in [0.25, 0.3) is 5.91 Å². The number of rotatable bonds is 4. The number of fused-ring (bicyclic) bond motifs is 1. The van der Waals surface area contributed by atoms with Crippen molar-refractivity contribution in [3.63, 3.8) is 0 Å². The smallest absolute Gasteiger partial charge is 0.322 e. The van der Waals surface area contributed by atoms with Gasteiger partial charge >= 0.3 is 11.9 Å². The highest BCUT2D eigenvalue weighted by atomic mass is 32.2. The Morgan fingerprint density at radius 3 is 2.44 bits per heavy atom. The van der Waals surface area contributed by atoms with Gasteiger partial charge in [-0.25, -0.2) is 18.2 Å². The molecular weight excluding hydrogens is 499 g/mol. The highest BCUT2D eigenvalue weighted by molar-refractivity contribution is 7.90. The number of aromatic nitrogens is 4. The molecule has 0 radical (unpaired) electrons. The van der Waals surface area contributed by atoms with Gasteiger partial charge in [0.2, 0.25) is 15.0 Å². The third-order valence-corrected chi connectivity index (χ3v) is 6.22. The van der Waals surface area contributed by atoms with Gasteiger partial charge < -0.3 is 5.32 Å². The Kier molecular flexibility index (Phi) is 6.12. The molecule has 9 nitrogen and oxygen atoms in total. The first-order chi connectivity index (χ1) is 16.8. The van der Waals surface area contributed by atoms with Crippen LogP contribution in [0.2, 0.25) is 0 Å². The van der Waals surface area contributed by atoms with Gasteiger partial charge in [-0.15, -0.1) is 0 Å². The molecule has 36 heavy (non-hydrogen) atoms. The maximum absolute atomic E-state index is 13.0. The molecule has 1 N–H and O–H groups in total. The van der Waals surface area contributed by atoms with E-state index in [0.29, 0.717) is 22.3 Å². The zero-order chi connectivity index (χ0) is 26.4. The van der Waals surface area contributed by atoms with E-state index in [9.17, 15) is 31.2 Å². The topological polar surface area (TPSA) is 124 Å². The van der Waals surface area contributed by atoms with E-state index in [-0.39, 0.29) is 16.9 Å². The summed E-state index contributed by atoms with van der Waals surface area (Å²) in [6.07, 6.45) is -2.41. The van der Waals surface area contributed by atoms with Crippen LogP contribution in [0, 0.1) is 13.8 Å². The molecule has 0 saturated carbocycles. The summed E-state index contributed by atoms with van der Waals surface area (Å²) >= 11 is 0. The summed E-state index contributed by atoms with van der Waals surface area (Å²) in [4.78, 5) is 37.2. The van der Waals surface area contributed by atoms with Crippen molar-refractivity contribution < 1.29 is 26.4 Å². The van der Waals surface area contributed by atoms with Crippen molar-refractivity contribution in [1.29, 1.82) is 0 Å². The maximum Gasteiger partial charge on any atom is 0.416 e. The van der Waals surface area contributed by atoms with Crippen LogP contribution in [0.25, 0.3) is 16.7 Å². The quantitative estimate of drug-likeness (QED) is 0.411. The molecule has 2 heterocycles. The van der Waals surface area contributed by atoms with E-state index in [1.165, 1.54) is 22.9 Å². The first kappa shape index (κ1) is 25.0. The van der Waals surface area contributed by atoms with Crippen molar-refractivity contribution >= 4 is 32.5 Å². The van der Waals surface area contributed by atoms with Gasteiger partial charge in [0, 0.05) is 29.4 Å². The molecule has 0 spiro atoms. The van der Waals surface area contributed by atoms with E-state index >= 15 is 0 Å². The second kappa shape index (κ2) is 8.82. The van der Waals surface area contributed by atoms with Gasteiger partial charge in [-0.2, -0.15) is 23.1 Å². The molecule has 13 heteroatoms. The van der Waals surface area contributed by atoms with E-state index in [1.807, 2.05) is 0 Å². The predicted molar refractivity (Wildman–Crippen MR) is 125 cm³/mol. The minimum absolute atomic E-state index is 0.0872. The van der Waals surface area contributed by atoms with E-state index < -0.39 is 38.3 Å². The maximum atomic E-state index is 13.0. The van der Waals surface area contributed by atoms with Crippen LogP contribution in [0.5, 0.6) is 0 Å². The minimum atomic E-state index is -4.60. The molecular formula is C23H18F3N5O4S. The van der Waals surface area contributed by atoms with Crippen LogP contribution in [-0.4, -0.2) is 40.1 Å². The predicted octanol–water partition coefficient (Wildman–Crippen LogP) is 3.47. The Labute approximate surface area is 202 Å². The van der Waals surface area contributed by atoms with E-state index in [1.54, 1.807) is 26.0 Å². The normalized spacial score (nSPS) is 12.1. The number of carbonyl (C=O) groups is 1. The number of nitrogens with zero attached hydrogens (tertiary/aromatic N) is 4. The zero-order valence-electron chi connectivity index (χ0n) is 19.1. The van der Waals surface area contributed by atoms with Crippen LogP contribution in [0.15, 0.2) is 58.6 Å². The van der Waals surface area contributed by atoms with Crippen LogP contribution < -0.4 is 11.0 Å². The van der Waals surface area contributed by atoms with Crippen molar-refractivity contribution in [1.82, 2.24) is 19.5 Å².